The fraction of sp³-hybridized carbons (Fsp3) is 0.450. The first kappa shape index (κ1) is 20.5. The third-order valence-corrected chi connectivity index (χ3v) is 4.83. The Kier molecular flexibility index (Phi) is 7.38. The number of hydrogen-bond donors (Lipinski definition) is 1. The molecule has 0 radical (unpaired) electrons. The summed E-state index contributed by atoms with van der Waals surface area (Å²) in [6.07, 6.45) is 3.29. The van der Waals surface area contributed by atoms with Gasteiger partial charge in [-0.15, -0.1) is 0 Å². The molecule has 27 heavy (non-hydrogen) atoms. The minimum absolute atomic E-state index is 0.0857. The Morgan fingerprint density at radius 3 is 2.52 bits per heavy atom. The Morgan fingerprint density at radius 1 is 1.33 bits per heavy atom. The smallest absolute Gasteiger partial charge is 0.337 e. The quantitative estimate of drug-likeness (QED) is 0.464. The minimum atomic E-state index is -0.385. The molecule has 1 aromatic rings. The summed E-state index contributed by atoms with van der Waals surface area (Å²) in [4.78, 5) is 27.9. The molecular weight excluding hydrogens is 344 g/mol. The van der Waals surface area contributed by atoms with Gasteiger partial charge >= 0.3 is 5.97 Å². The number of benzene rings is 1. The summed E-state index contributed by atoms with van der Waals surface area (Å²) in [7, 11) is 5.17. The van der Waals surface area contributed by atoms with Gasteiger partial charge in [-0.1, -0.05) is 12.1 Å². The van der Waals surface area contributed by atoms with Gasteiger partial charge in [-0.3, -0.25) is 4.79 Å². The lowest BCUT2D eigenvalue weighted by Crippen LogP contribution is -2.45. The van der Waals surface area contributed by atoms with Crippen molar-refractivity contribution in [2.45, 2.75) is 25.4 Å². The number of nitriles is 1. The molecule has 0 aliphatic carbocycles. The second-order valence-corrected chi connectivity index (χ2v) is 6.69. The number of amides is 1. The van der Waals surface area contributed by atoms with Gasteiger partial charge < -0.3 is 19.9 Å². The summed E-state index contributed by atoms with van der Waals surface area (Å²) in [5.41, 5.74) is 1.49. The second kappa shape index (κ2) is 9.74. The van der Waals surface area contributed by atoms with E-state index in [4.69, 9.17) is 0 Å². The number of piperidine rings is 1. The summed E-state index contributed by atoms with van der Waals surface area (Å²) in [6.45, 7) is 2.35. The Hall–Kier alpha value is -2.85. The maximum atomic E-state index is 12.6. The Morgan fingerprint density at radius 2 is 1.96 bits per heavy atom. The van der Waals surface area contributed by atoms with Crippen LogP contribution < -0.4 is 5.32 Å². The van der Waals surface area contributed by atoms with E-state index in [1.807, 2.05) is 6.07 Å². The zero-order chi connectivity index (χ0) is 19.8. The lowest BCUT2D eigenvalue weighted by Gasteiger charge is -2.34. The van der Waals surface area contributed by atoms with Crippen LogP contribution in [0, 0.1) is 11.3 Å². The SMILES string of the molecule is COC(=O)c1ccc(CN/C=C(/C#N)C(=O)N(C)C2CCN(C)CC2)cc1. The van der Waals surface area contributed by atoms with Crippen LogP contribution in [-0.4, -0.2) is 62.0 Å². The number of methoxy groups -OCH3 is 1. The van der Waals surface area contributed by atoms with E-state index < -0.39 is 0 Å². The number of likely N-dealkylation sites (N-methyl/N-ethyl adjacent to an activating group) is 1. The Labute approximate surface area is 160 Å². The van der Waals surface area contributed by atoms with Crippen LogP contribution in [0.4, 0.5) is 0 Å². The van der Waals surface area contributed by atoms with Gasteiger partial charge in [-0.25, -0.2) is 4.79 Å². The number of esters is 1. The summed E-state index contributed by atoms with van der Waals surface area (Å²) >= 11 is 0. The first-order chi connectivity index (χ1) is 13.0. The molecule has 0 saturated carbocycles. The van der Waals surface area contributed by atoms with Crippen LogP contribution in [0.5, 0.6) is 0 Å². The van der Waals surface area contributed by atoms with Gasteiger partial charge in [0, 0.05) is 25.8 Å². The number of ether oxygens (including phenoxy) is 1. The molecule has 0 bridgehead atoms. The number of nitrogens with zero attached hydrogens (tertiary/aromatic N) is 3. The average molecular weight is 370 g/mol. The maximum Gasteiger partial charge on any atom is 0.337 e. The van der Waals surface area contributed by atoms with Crippen molar-refractivity contribution in [3.05, 3.63) is 47.2 Å². The highest BCUT2D eigenvalue weighted by Gasteiger charge is 2.25. The number of carbonyl (C=O) groups is 2. The molecule has 1 saturated heterocycles. The zero-order valence-corrected chi connectivity index (χ0v) is 16.1. The van der Waals surface area contributed by atoms with E-state index in [9.17, 15) is 14.9 Å². The van der Waals surface area contributed by atoms with Crippen LogP contribution in [0.3, 0.4) is 0 Å². The van der Waals surface area contributed by atoms with E-state index in [1.54, 1.807) is 36.2 Å². The molecule has 1 aliphatic rings. The van der Waals surface area contributed by atoms with Crippen molar-refractivity contribution in [3.8, 4) is 6.07 Å². The van der Waals surface area contributed by atoms with Gasteiger partial charge in [0.25, 0.3) is 5.91 Å². The third-order valence-electron chi connectivity index (χ3n) is 4.83. The molecule has 1 amide bonds. The van der Waals surface area contributed by atoms with Crippen LogP contribution >= 0.6 is 0 Å². The first-order valence-electron chi connectivity index (χ1n) is 8.93. The van der Waals surface area contributed by atoms with E-state index in [2.05, 4.69) is 22.0 Å². The molecule has 0 spiro atoms. The normalized spacial score (nSPS) is 15.7. The van der Waals surface area contributed by atoms with Gasteiger partial charge in [0.05, 0.1) is 12.7 Å². The molecule has 7 heteroatoms. The molecule has 0 atom stereocenters. The summed E-state index contributed by atoms with van der Waals surface area (Å²) in [5, 5.41) is 12.3. The van der Waals surface area contributed by atoms with E-state index in [0.29, 0.717) is 12.1 Å². The largest absolute Gasteiger partial charge is 0.465 e. The molecule has 1 fully saturated rings. The van der Waals surface area contributed by atoms with Gasteiger partial charge in [0.15, 0.2) is 0 Å². The third kappa shape index (κ3) is 5.56. The van der Waals surface area contributed by atoms with Crippen molar-refractivity contribution in [1.29, 1.82) is 5.26 Å². The molecule has 0 unspecified atom stereocenters. The highest BCUT2D eigenvalue weighted by Crippen LogP contribution is 2.16. The van der Waals surface area contributed by atoms with Gasteiger partial charge in [0.1, 0.15) is 11.6 Å². The fourth-order valence-corrected chi connectivity index (χ4v) is 3.03. The van der Waals surface area contributed by atoms with Crippen LogP contribution in [-0.2, 0) is 16.1 Å². The molecular formula is C20H26N4O3. The van der Waals surface area contributed by atoms with Crippen molar-refractivity contribution >= 4 is 11.9 Å². The van der Waals surface area contributed by atoms with Crippen LogP contribution in [0.25, 0.3) is 0 Å². The molecule has 1 heterocycles. The monoisotopic (exact) mass is 370 g/mol. The lowest BCUT2D eigenvalue weighted by molar-refractivity contribution is -0.128. The molecule has 1 aromatic carbocycles. The molecule has 1 aliphatic heterocycles. The number of hydrogen-bond acceptors (Lipinski definition) is 6. The highest BCUT2D eigenvalue weighted by molar-refractivity contribution is 5.97. The standard InChI is InChI=1S/C20H26N4O3/c1-23-10-8-18(9-11-23)24(2)19(25)17(12-21)14-22-13-15-4-6-16(7-5-15)20(26)27-3/h4-7,14,18,22H,8-11,13H2,1-3H3/b17-14-. The second-order valence-electron chi connectivity index (χ2n) is 6.69. The van der Waals surface area contributed by atoms with E-state index >= 15 is 0 Å². The van der Waals surface area contributed by atoms with Crippen LogP contribution in [0.1, 0.15) is 28.8 Å². The Balaban J connectivity index is 1.92. The summed E-state index contributed by atoms with van der Waals surface area (Å²) < 4.78 is 4.66. The lowest BCUT2D eigenvalue weighted by atomic mass is 10.0. The molecule has 144 valence electrons. The highest BCUT2D eigenvalue weighted by atomic mass is 16.5. The number of nitrogens with one attached hydrogen (secondary N) is 1. The fourth-order valence-electron chi connectivity index (χ4n) is 3.03. The van der Waals surface area contributed by atoms with Gasteiger partial charge in [-0.2, -0.15) is 5.26 Å². The predicted molar refractivity (Wildman–Crippen MR) is 102 cm³/mol. The molecule has 2 rings (SSSR count). The van der Waals surface area contributed by atoms with Crippen molar-refractivity contribution in [3.63, 3.8) is 0 Å². The number of likely N-dealkylation sites (tertiary alicyclic amines) is 1. The maximum absolute atomic E-state index is 12.6. The van der Waals surface area contributed by atoms with E-state index in [1.165, 1.54) is 13.3 Å². The minimum Gasteiger partial charge on any atom is -0.465 e. The average Bonchev–Trinajstić information content (AvgIpc) is 2.70. The predicted octanol–water partition coefficient (Wildman–Crippen LogP) is 1.52. The van der Waals surface area contributed by atoms with Crippen molar-refractivity contribution in [2.24, 2.45) is 0 Å². The Bertz CT molecular complexity index is 729. The summed E-state index contributed by atoms with van der Waals surface area (Å²) in [5.74, 6) is -0.649. The number of rotatable bonds is 6. The molecule has 7 nitrogen and oxygen atoms in total. The van der Waals surface area contributed by atoms with Crippen molar-refractivity contribution < 1.29 is 14.3 Å². The van der Waals surface area contributed by atoms with Crippen LogP contribution in [0.2, 0.25) is 0 Å². The van der Waals surface area contributed by atoms with E-state index in [0.717, 1.165) is 31.5 Å². The zero-order valence-electron chi connectivity index (χ0n) is 16.1. The van der Waals surface area contributed by atoms with Gasteiger partial charge in [0.2, 0.25) is 0 Å². The van der Waals surface area contributed by atoms with Gasteiger partial charge in [-0.05, 0) is 50.7 Å². The van der Waals surface area contributed by atoms with E-state index in [-0.39, 0.29) is 23.5 Å². The number of carbonyl (C=O) groups excluding carboxylic acids is 2. The first-order valence-corrected chi connectivity index (χ1v) is 8.93. The summed E-state index contributed by atoms with van der Waals surface area (Å²) in [6, 6.07) is 9.10. The van der Waals surface area contributed by atoms with Crippen molar-refractivity contribution in [1.82, 2.24) is 15.1 Å². The topological polar surface area (TPSA) is 85.7 Å². The van der Waals surface area contributed by atoms with Crippen molar-refractivity contribution in [2.75, 3.05) is 34.3 Å². The molecule has 0 aromatic heterocycles. The molecule has 1 N–H and O–H groups in total. The van der Waals surface area contributed by atoms with Crippen LogP contribution in [0.15, 0.2) is 36.0 Å².